The molecule has 2 unspecified atom stereocenters. The number of guanidine groups is 1. The van der Waals surface area contributed by atoms with E-state index in [4.69, 9.17) is 0 Å². The van der Waals surface area contributed by atoms with E-state index in [1.165, 1.54) is 11.3 Å². The third-order valence-corrected chi connectivity index (χ3v) is 5.84. The number of amides is 1. The van der Waals surface area contributed by atoms with Crippen molar-refractivity contribution >= 4 is 35.8 Å². The van der Waals surface area contributed by atoms with Crippen LogP contribution in [0.2, 0.25) is 0 Å². The van der Waals surface area contributed by atoms with Gasteiger partial charge in [0.25, 0.3) is 0 Å². The van der Waals surface area contributed by atoms with Crippen LogP contribution < -0.4 is 10.6 Å². The summed E-state index contributed by atoms with van der Waals surface area (Å²) in [5, 5.41) is 6.73. The number of halogens is 4. The summed E-state index contributed by atoms with van der Waals surface area (Å²) in [7, 11) is 3.36. The highest BCUT2D eigenvalue weighted by Gasteiger charge is 2.41. The first kappa shape index (κ1) is 25.3. The van der Waals surface area contributed by atoms with Gasteiger partial charge in [-0.1, -0.05) is 19.8 Å². The highest BCUT2D eigenvalue weighted by Crippen LogP contribution is 2.37. The molecule has 2 N–H and O–H groups in total. The van der Waals surface area contributed by atoms with Crippen LogP contribution in [0.1, 0.15) is 58.3 Å². The van der Waals surface area contributed by atoms with Crippen LogP contribution in [0.5, 0.6) is 0 Å². The molecule has 0 aromatic carbocycles. The summed E-state index contributed by atoms with van der Waals surface area (Å²) in [6.45, 7) is 2.23. The number of nitrogens with zero attached hydrogens (tertiary/aromatic N) is 2. The zero-order valence-corrected chi connectivity index (χ0v) is 19.3. The van der Waals surface area contributed by atoms with E-state index in [2.05, 4.69) is 22.5 Å². The van der Waals surface area contributed by atoms with E-state index in [1.54, 1.807) is 14.1 Å². The molecule has 2 aliphatic carbocycles. The molecule has 0 aromatic heterocycles. The Labute approximate surface area is 183 Å². The van der Waals surface area contributed by atoms with Crippen LogP contribution in [0.3, 0.4) is 0 Å². The molecule has 2 saturated carbocycles. The summed E-state index contributed by atoms with van der Waals surface area (Å²) in [5.41, 5.74) is 0. The van der Waals surface area contributed by atoms with Gasteiger partial charge in [0.2, 0.25) is 5.91 Å². The normalized spacial score (nSPS) is 28.9. The lowest BCUT2D eigenvalue weighted by atomic mass is 9.85. The van der Waals surface area contributed by atoms with E-state index < -0.39 is 12.1 Å². The largest absolute Gasteiger partial charge is 0.391 e. The van der Waals surface area contributed by atoms with E-state index in [9.17, 15) is 18.0 Å². The molecule has 0 radical (unpaired) electrons. The zero-order valence-electron chi connectivity index (χ0n) is 17.0. The average Bonchev–Trinajstić information content (AvgIpc) is 2.60. The summed E-state index contributed by atoms with van der Waals surface area (Å²) >= 11 is 0. The highest BCUT2D eigenvalue weighted by atomic mass is 127. The highest BCUT2D eigenvalue weighted by molar-refractivity contribution is 14.0. The first-order valence-corrected chi connectivity index (χ1v) is 10.0. The second kappa shape index (κ2) is 11.4. The van der Waals surface area contributed by atoms with Gasteiger partial charge in [-0.25, -0.2) is 4.99 Å². The quantitative estimate of drug-likeness (QED) is 0.337. The van der Waals surface area contributed by atoms with Crippen LogP contribution >= 0.6 is 24.0 Å². The minimum Gasteiger partial charge on any atom is -0.354 e. The summed E-state index contributed by atoms with van der Waals surface area (Å²) in [4.78, 5) is 17.8. The van der Waals surface area contributed by atoms with Crippen LogP contribution in [-0.4, -0.2) is 55.7 Å². The van der Waals surface area contributed by atoms with Gasteiger partial charge in [-0.3, -0.25) is 4.79 Å². The Morgan fingerprint density at radius 3 is 2.18 bits per heavy atom. The molecule has 5 nitrogen and oxygen atoms in total. The minimum absolute atomic E-state index is 0. The Hall–Kier alpha value is -0.740. The second-order valence-corrected chi connectivity index (χ2v) is 8.20. The average molecular weight is 518 g/mol. The maximum atomic E-state index is 12.9. The molecule has 0 aliphatic heterocycles. The van der Waals surface area contributed by atoms with Crippen LogP contribution in [0.25, 0.3) is 0 Å². The maximum Gasteiger partial charge on any atom is 0.391 e. The number of alkyl halides is 3. The Bertz CT molecular complexity index is 520. The number of carbonyl (C=O) groups is 1. The minimum atomic E-state index is -4.10. The Morgan fingerprint density at radius 2 is 1.64 bits per heavy atom. The van der Waals surface area contributed by atoms with Gasteiger partial charge in [-0.2, -0.15) is 13.2 Å². The topological polar surface area (TPSA) is 56.7 Å². The number of hydrogen-bond donors (Lipinski definition) is 2. The Morgan fingerprint density at radius 1 is 1.04 bits per heavy atom. The van der Waals surface area contributed by atoms with Crippen molar-refractivity contribution < 1.29 is 18.0 Å². The first-order chi connectivity index (χ1) is 12.7. The number of hydrogen-bond acceptors (Lipinski definition) is 2. The van der Waals surface area contributed by atoms with Gasteiger partial charge in [-0.05, 0) is 44.4 Å². The van der Waals surface area contributed by atoms with Crippen molar-refractivity contribution in [2.45, 2.75) is 76.6 Å². The van der Waals surface area contributed by atoms with E-state index in [1.807, 2.05) is 0 Å². The molecule has 2 aliphatic rings. The molecule has 0 heterocycles. The molecule has 1 amide bonds. The van der Waals surface area contributed by atoms with Gasteiger partial charge in [0.1, 0.15) is 6.54 Å². The number of carbonyl (C=O) groups excluding carboxylic acids is 1. The van der Waals surface area contributed by atoms with Crippen molar-refractivity contribution in [1.29, 1.82) is 0 Å². The summed E-state index contributed by atoms with van der Waals surface area (Å²) in [6.07, 6.45) is 1.69. The van der Waals surface area contributed by atoms with Crippen LogP contribution in [0.15, 0.2) is 4.99 Å². The Balaban J connectivity index is 0.00000392. The zero-order chi connectivity index (χ0) is 20.0. The molecular formula is C19H34F3IN4O. The fourth-order valence-corrected chi connectivity index (χ4v) is 3.89. The van der Waals surface area contributed by atoms with E-state index >= 15 is 0 Å². The van der Waals surface area contributed by atoms with Gasteiger partial charge < -0.3 is 15.5 Å². The molecule has 2 rings (SSSR count). The lowest BCUT2D eigenvalue weighted by Crippen LogP contribution is -2.51. The molecule has 0 aromatic rings. The van der Waals surface area contributed by atoms with Crippen LogP contribution in [-0.2, 0) is 4.79 Å². The van der Waals surface area contributed by atoms with Crippen LogP contribution in [0.4, 0.5) is 13.2 Å². The van der Waals surface area contributed by atoms with E-state index in [0.717, 1.165) is 19.3 Å². The molecule has 164 valence electrons. The molecule has 9 heteroatoms. The predicted molar refractivity (Wildman–Crippen MR) is 116 cm³/mol. The number of nitrogens with one attached hydrogen (secondary N) is 2. The maximum absolute atomic E-state index is 12.9. The van der Waals surface area contributed by atoms with Gasteiger partial charge >= 0.3 is 6.18 Å². The number of likely N-dealkylation sites (N-methyl/N-ethyl adjacent to an activating group) is 1. The van der Waals surface area contributed by atoms with Gasteiger partial charge in [0, 0.05) is 26.2 Å². The van der Waals surface area contributed by atoms with Gasteiger partial charge in [0.05, 0.1) is 5.92 Å². The fraction of sp³-hybridized carbons (Fsp3) is 0.895. The first-order valence-electron chi connectivity index (χ1n) is 10.0. The molecule has 0 bridgehead atoms. The molecular weight excluding hydrogens is 484 g/mol. The Kier molecular flexibility index (Phi) is 10.3. The summed E-state index contributed by atoms with van der Waals surface area (Å²) < 4.78 is 38.6. The lowest BCUT2D eigenvalue weighted by Gasteiger charge is -2.34. The van der Waals surface area contributed by atoms with E-state index in [0.29, 0.717) is 24.7 Å². The molecule has 28 heavy (non-hydrogen) atoms. The summed E-state index contributed by atoms with van der Waals surface area (Å²) in [6, 6.07) is 0.245. The van der Waals surface area contributed by atoms with Crippen molar-refractivity contribution in [1.82, 2.24) is 15.5 Å². The smallest absolute Gasteiger partial charge is 0.354 e. The van der Waals surface area contributed by atoms with Gasteiger partial charge in [-0.15, -0.1) is 24.0 Å². The van der Waals surface area contributed by atoms with Crippen LogP contribution in [0, 0.1) is 11.8 Å². The standard InChI is InChI=1S/C19H33F3N4O.HI/c1-13-6-4-5-7-16(13)25-18(23-12-17(27)26(2)3)24-15-10-8-14(9-11-15)19(20,21)22;/h13-16H,4-12H2,1-3H3,(H2,23,24,25);1H. The SMILES string of the molecule is CC1CCCCC1NC(=NCC(=O)N(C)C)NC1CCC(C(F)(F)F)CC1.I. The molecule has 2 atom stereocenters. The molecule has 0 saturated heterocycles. The monoisotopic (exact) mass is 518 g/mol. The predicted octanol–water partition coefficient (Wildman–Crippen LogP) is 3.93. The molecule has 0 spiro atoms. The number of aliphatic imine (C=N–C) groups is 1. The van der Waals surface area contributed by atoms with Crippen molar-refractivity contribution in [2.24, 2.45) is 16.8 Å². The second-order valence-electron chi connectivity index (χ2n) is 8.20. The van der Waals surface area contributed by atoms with Crippen molar-refractivity contribution in [3.05, 3.63) is 0 Å². The van der Waals surface area contributed by atoms with E-state index in [-0.39, 0.29) is 61.4 Å². The third-order valence-electron chi connectivity index (χ3n) is 5.84. The third kappa shape index (κ3) is 7.94. The van der Waals surface area contributed by atoms with Crippen molar-refractivity contribution in [2.75, 3.05) is 20.6 Å². The lowest BCUT2D eigenvalue weighted by molar-refractivity contribution is -0.182. The van der Waals surface area contributed by atoms with Crippen molar-refractivity contribution in [3.63, 3.8) is 0 Å². The van der Waals surface area contributed by atoms with Gasteiger partial charge in [0.15, 0.2) is 5.96 Å². The fourth-order valence-electron chi connectivity index (χ4n) is 3.89. The van der Waals surface area contributed by atoms with Crippen molar-refractivity contribution in [3.8, 4) is 0 Å². The summed E-state index contributed by atoms with van der Waals surface area (Å²) in [5.74, 6) is -0.234. The molecule has 2 fully saturated rings. The number of rotatable bonds is 4.